The van der Waals surface area contributed by atoms with Crippen LogP contribution < -0.4 is 5.32 Å². The lowest BCUT2D eigenvalue weighted by Gasteiger charge is -2.28. The van der Waals surface area contributed by atoms with Gasteiger partial charge in [0.25, 0.3) is 0 Å². The Kier molecular flexibility index (Phi) is 4.66. The summed E-state index contributed by atoms with van der Waals surface area (Å²) in [6.45, 7) is 5.04. The SMILES string of the molecule is Cc1cc([C@@H]2[C@@H](c3ccccn3)NC(=S)N2Cc2ccncc2)c(C)n1C. The van der Waals surface area contributed by atoms with Gasteiger partial charge in [-0.1, -0.05) is 6.07 Å². The molecule has 0 bridgehead atoms. The van der Waals surface area contributed by atoms with Crippen LogP contribution in [0.4, 0.5) is 0 Å². The van der Waals surface area contributed by atoms with Crippen molar-refractivity contribution in [2.45, 2.75) is 32.5 Å². The third-order valence-corrected chi connectivity index (χ3v) is 5.79. The second kappa shape index (κ2) is 7.12. The van der Waals surface area contributed by atoms with Gasteiger partial charge in [0, 0.05) is 43.6 Å². The number of aromatic nitrogens is 3. The Morgan fingerprint density at radius 3 is 2.52 bits per heavy atom. The van der Waals surface area contributed by atoms with E-state index in [4.69, 9.17) is 12.2 Å². The van der Waals surface area contributed by atoms with Crippen LogP contribution >= 0.6 is 12.2 Å². The first-order chi connectivity index (χ1) is 13.1. The monoisotopic (exact) mass is 377 g/mol. The van der Waals surface area contributed by atoms with Gasteiger partial charge in [-0.2, -0.15) is 0 Å². The highest BCUT2D eigenvalue weighted by Gasteiger charge is 2.41. The summed E-state index contributed by atoms with van der Waals surface area (Å²) in [6.07, 6.45) is 5.49. The molecule has 138 valence electrons. The Balaban J connectivity index is 1.79. The normalized spacial score (nSPS) is 19.4. The van der Waals surface area contributed by atoms with Gasteiger partial charge in [-0.25, -0.2) is 0 Å². The van der Waals surface area contributed by atoms with Crippen molar-refractivity contribution in [3.05, 3.63) is 83.2 Å². The maximum absolute atomic E-state index is 5.74. The van der Waals surface area contributed by atoms with Gasteiger partial charge in [0.05, 0.1) is 17.8 Å². The van der Waals surface area contributed by atoms with E-state index in [1.807, 2.05) is 42.9 Å². The van der Waals surface area contributed by atoms with Crippen molar-refractivity contribution in [1.82, 2.24) is 24.8 Å². The molecular weight excluding hydrogens is 354 g/mol. The summed E-state index contributed by atoms with van der Waals surface area (Å²) in [6, 6.07) is 12.5. The molecule has 0 aromatic carbocycles. The lowest BCUT2D eigenvalue weighted by Crippen LogP contribution is -2.29. The van der Waals surface area contributed by atoms with Crippen molar-refractivity contribution in [1.29, 1.82) is 0 Å². The summed E-state index contributed by atoms with van der Waals surface area (Å²) in [5.41, 5.74) is 5.97. The Hall–Kier alpha value is -2.73. The minimum absolute atomic E-state index is 0.0148. The fourth-order valence-corrected chi connectivity index (χ4v) is 4.09. The molecule has 0 spiro atoms. The Morgan fingerprint density at radius 2 is 1.89 bits per heavy atom. The Bertz CT molecular complexity index is 951. The molecule has 0 amide bonds. The average molecular weight is 378 g/mol. The van der Waals surface area contributed by atoms with E-state index in [-0.39, 0.29) is 12.1 Å². The lowest BCUT2D eigenvalue weighted by molar-refractivity contribution is 0.310. The lowest BCUT2D eigenvalue weighted by atomic mass is 9.96. The second-order valence-electron chi connectivity index (χ2n) is 7.00. The molecule has 1 fully saturated rings. The summed E-state index contributed by atoms with van der Waals surface area (Å²) < 4.78 is 2.23. The molecule has 1 aliphatic rings. The van der Waals surface area contributed by atoms with Crippen LogP contribution in [0, 0.1) is 13.8 Å². The summed E-state index contributed by atoms with van der Waals surface area (Å²) in [5, 5.41) is 4.27. The topological polar surface area (TPSA) is 46.0 Å². The molecule has 1 aliphatic heterocycles. The van der Waals surface area contributed by atoms with Crippen molar-refractivity contribution in [2.24, 2.45) is 7.05 Å². The van der Waals surface area contributed by atoms with Crippen LogP contribution in [0.5, 0.6) is 0 Å². The molecule has 5 nitrogen and oxygen atoms in total. The molecule has 4 heterocycles. The average Bonchev–Trinajstić information content (AvgIpc) is 3.14. The molecule has 0 saturated carbocycles. The zero-order valence-corrected chi connectivity index (χ0v) is 16.6. The number of rotatable bonds is 4. The Labute approximate surface area is 165 Å². The van der Waals surface area contributed by atoms with Gasteiger partial charge in [0.2, 0.25) is 0 Å². The van der Waals surface area contributed by atoms with Crippen LogP contribution in [-0.4, -0.2) is 24.5 Å². The van der Waals surface area contributed by atoms with Crippen LogP contribution in [0.1, 0.15) is 40.3 Å². The van der Waals surface area contributed by atoms with Crippen LogP contribution in [0.2, 0.25) is 0 Å². The van der Waals surface area contributed by atoms with Gasteiger partial charge in [-0.05, 0) is 67.5 Å². The second-order valence-corrected chi connectivity index (χ2v) is 7.38. The van der Waals surface area contributed by atoms with E-state index in [0.29, 0.717) is 0 Å². The van der Waals surface area contributed by atoms with E-state index in [1.165, 1.54) is 22.5 Å². The van der Waals surface area contributed by atoms with Gasteiger partial charge in [-0.15, -0.1) is 0 Å². The molecule has 4 rings (SSSR count). The fraction of sp³-hybridized carbons (Fsp3) is 0.286. The smallest absolute Gasteiger partial charge is 0.170 e. The first-order valence-electron chi connectivity index (χ1n) is 9.06. The largest absolute Gasteiger partial charge is 0.352 e. The maximum Gasteiger partial charge on any atom is 0.170 e. The molecule has 1 saturated heterocycles. The number of aryl methyl sites for hydroxylation is 1. The van der Waals surface area contributed by atoms with Crippen molar-refractivity contribution < 1.29 is 0 Å². The standard InChI is InChI=1S/C21H23N5S/c1-14-12-17(15(2)25(14)3)20-19(18-6-4-5-9-23-18)24-21(27)26(20)13-16-7-10-22-11-8-16/h4-12,19-20H,13H2,1-3H3,(H,24,27)/t19-,20-/m1/s1. The molecule has 0 unspecified atom stereocenters. The summed E-state index contributed by atoms with van der Waals surface area (Å²) in [5.74, 6) is 0. The van der Waals surface area contributed by atoms with Crippen LogP contribution in [0.15, 0.2) is 55.0 Å². The van der Waals surface area contributed by atoms with E-state index >= 15 is 0 Å². The molecule has 0 aliphatic carbocycles. The van der Waals surface area contributed by atoms with E-state index < -0.39 is 0 Å². The first kappa shape index (κ1) is 17.7. The highest BCUT2D eigenvalue weighted by Crippen LogP contribution is 2.41. The third kappa shape index (κ3) is 3.21. The number of hydrogen-bond acceptors (Lipinski definition) is 3. The first-order valence-corrected chi connectivity index (χ1v) is 9.47. The third-order valence-electron chi connectivity index (χ3n) is 5.43. The number of hydrogen-bond donors (Lipinski definition) is 1. The minimum atomic E-state index is 0.0148. The summed E-state index contributed by atoms with van der Waals surface area (Å²) >= 11 is 5.74. The van der Waals surface area contributed by atoms with Crippen molar-refractivity contribution in [3.8, 4) is 0 Å². The van der Waals surface area contributed by atoms with Crippen molar-refractivity contribution >= 4 is 17.3 Å². The van der Waals surface area contributed by atoms with Gasteiger partial charge in [0.1, 0.15) is 0 Å². The maximum atomic E-state index is 5.74. The van der Waals surface area contributed by atoms with Gasteiger partial charge in [0.15, 0.2) is 5.11 Å². The molecular formula is C21H23N5S. The van der Waals surface area contributed by atoms with E-state index in [0.717, 1.165) is 17.4 Å². The van der Waals surface area contributed by atoms with Gasteiger partial charge in [-0.3, -0.25) is 9.97 Å². The minimum Gasteiger partial charge on any atom is -0.352 e. The van der Waals surface area contributed by atoms with Crippen LogP contribution in [0.3, 0.4) is 0 Å². The number of thiocarbonyl (C=S) groups is 1. The van der Waals surface area contributed by atoms with E-state index in [2.05, 4.69) is 57.8 Å². The fourth-order valence-electron chi connectivity index (χ4n) is 3.78. The summed E-state index contributed by atoms with van der Waals surface area (Å²) in [4.78, 5) is 11.0. The van der Waals surface area contributed by atoms with E-state index in [9.17, 15) is 0 Å². The molecule has 6 heteroatoms. The predicted octanol–water partition coefficient (Wildman–Crippen LogP) is 3.60. The van der Waals surface area contributed by atoms with E-state index in [1.54, 1.807) is 0 Å². The molecule has 1 N–H and O–H groups in total. The van der Waals surface area contributed by atoms with Crippen molar-refractivity contribution in [2.75, 3.05) is 0 Å². The van der Waals surface area contributed by atoms with Crippen LogP contribution in [-0.2, 0) is 13.6 Å². The highest BCUT2D eigenvalue weighted by atomic mass is 32.1. The highest BCUT2D eigenvalue weighted by molar-refractivity contribution is 7.80. The zero-order valence-electron chi connectivity index (χ0n) is 15.8. The predicted molar refractivity (Wildman–Crippen MR) is 110 cm³/mol. The summed E-state index contributed by atoms with van der Waals surface area (Å²) in [7, 11) is 2.11. The molecule has 0 radical (unpaired) electrons. The number of nitrogens with zero attached hydrogens (tertiary/aromatic N) is 4. The molecule has 3 aromatic heterocycles. The number of pyridine rings is 2. The molecule has 3 aromatic rings. The Morgan fingerprint density at radius 1 is 1.11 bits per heavy atom. The molecule has 2 atom stereocenters. The number of nitrogens with one attached hydrogen (secondary N) is 1. The zero-order chi connectivity index (χ0) is 19.0. The quantitative estimate of drug-likeness (QED) is 0.704. The van der Waals surface area contributed by atoms with Crippen LogP contribution in [0.25, 0.3) is 0 Å². The van der Waals surface area contributed by atoms with Gasteiger partial charge >= 0.3 is 0 Å². The molecule has 27 heavy (non-hydrogen) atoms. The van der Waals surface area contributed by atoms with Crippen molar-refractivity contribution in [3.63, 3.8) is 0 Å². The van der Waals surface area contributed by atoms with Gasteiger partial charge < -0.3 is 14.8 Å².